The molecule has 20 heavy (non-hydrogen) atoms. The Morgan fingerprint density at radius 1 is 1.35 bits per heavy atom. The van der Waals surface area contributed by atoms with Crippen molar-refractivity contribution in [2.45, 2.75) is 57.6 Å². The molecule has 0 amide bonds. The van der Waals surface area contributed by atoms with Crippen molar-refractivity contribution in [2.75, 3.05) is 20.2 Å². The Bertz CT molecular complexity index is 353. The molecule has 3 aliphatic rings. The van der Waals surface area contributed by atoms with Crippen LogP contribution in [0.25, 0.3) is 0 Å². The zero-order valence-electron chi connectivity index (χ0n) is 12.7. The van der Waals surface area contributed by atoms with E-state index in [-0.39, 0.29) is 24.0 Å². The van der Waals surface area contributed by atoms with Gasteiger partial charge in [-0.2, -0.15) is 0 Å². The van der Waals surface area contributed by atoms with E-state index in [1.54, 1.807) is 0 Å². The standard InChI is InChI=1S/C15H27N3O.HI/c1-3-19-13-9-12(15(13)7-4-8-15)18-14(16-2)17-10-11-5-6-11;/h11-13H,3-10H2,1-2H3,(H2,16,17,18);1H. The number of ether oxygens (including phenoxy) is 1. The van der Waals surface area contributed by atoms with E-state index in [1.807, 2.05) is 7.05 Å². The Balaban J connectivity index is 0.00000147. The van der Waals surface area contributed by atoms with Gasteiger partial charge >= 0.3 is 0 Å². The third-order valence-corrected chi connectivity index (χ3v) is 5.23. The fraction of sp³-hybridized carbons (Fsp3) is 0.933. The summed E-state index contributed by atoms with van der Waals surface area (Å²) in [6, 6.07) is 0.559. The van der Waals surface area contributed by atoms with Crippen molar-refractivity contribution in [2.24, 2.45) is 16.3 Å². The molecular formula is C15H28IN3O. The molecular weight excluding hydrogens is 365 g/mol. The number of aliphatic imine (C=N–C) groups is 1. The summed E-state index contributed by atoms with van der Waals surface area (Å²) in [5, 5.41) is 7.09. The van der Waals surface area contributed by atoms with Gasteiger partial charge in [0.2, 0.25) is 0 Å². The zero-order chi connectivity index (χ0) is 13.3. The third kappa shape index (κ3) is 3.08. The minimum Gasteiger partial charge on any atom is -0.378 e. The normalized spacial score (nSPS) is 31.0. The Hall–Kier alpha value is -0.0400. The Morgan fingerprint density at radius 2 is 2.10 bits per heavy atom. The Kier molecular flexibility index (Phi) is 5.56. The van der Waals surface area contributed by atoms with Crippen molar-refractivity contribution < 1.29 is 4.74 Å². The fourth-order valence-corrected chi connectivity index (χ4v) is 3.56. The summed E-state index contributed by atoms with van der Waals surface area (Å²) in [6.07, 6.45) is 8.36. The van der Waals surface area contributed by atoms with E-state index >= 15 is 0 Å². The van der Waals surface area contributed by atoms with Gasteiger partial charge in [0.15, 0.2) is 5.96 Å². The largest absolute Gasteiger partial charge is 0.378 e. The minimum atomic E-state index is 0. The summed E-state index contributed by atoms with van der Waals surface area (Å²) in [6.45, 7) is 4.02. The predicted octanol–water partition coefficient (Wildman–Crippen LogP) is 2.53. The quantitative estimate of drug-likeness (QED) is 0.429. The molecule has 3 aliphatic carbocycles. The van der Waals surface area contributed by atoms with Crippen molar-refractivity contribution in [1.82, 2.24) is 10.6 Å². The first-order chi connectivity index (χ1) is 9.28. The highest BCUT2D eigenvalue weighted by Crippen LogP contribution is 2.57. The van der Waals surface area contributed by atoms with Gasteiger partial charge in [0, 0.05) is 31.7 Å². The molecule has 0 aliphatic heterocycles. The number of nitrogens with one attached hydrogen (secondary N) is 2. The fourth-order valence-electron chi connectivity index (χ4n) is 3.56. The number of guanidine groups is 1. The van der Waals surface area contributed by atoms with Crippen molar-refractivity contribution in [3.05, 3.63) is 0 Å². The van der Waals surface area contributed by atoms with E-state index in [2.05, 4.69) is 22.5 Å². The average molecular weight is 393 g/mol. The molecule has 116 valence electrons. The zero-order valence-corrected chi connectivity index (χ0v) is 15.0. The monoisotopic (exact) mass is 393 g/mol. The molecule has 0 radical (unpaired) electrons. The van der Waals surface area contributed by atoms with E-state index in [0.717, 1.165) is 31.4 Å². The van der Waals surface area contributed by atoms with Crippen LogP contribution in [0.1, 0.15) is 45.4 Å². The average Bonchev–Trinajstić information content (AvgIpc) is 3.13. The summed E-state index contributed by atoms with van der Waals surface area (Å²) in [5.41, 5.74) is 0.410. The van der Waals surface area contributed by atoms with Crippen LogP contribution in [0, 0.1) is 11.3 Å². The van der Waals surface area contributed by atoms with Crippen molar-refractivity contribution >= 4 is 29.9 Å². The second-order valence-corrected chi connectivity index (χ2v) is 6.36. The lowest BCUT2D eigenvalue weighted by atomic mass is 9.51. The maximum atomic E-state index is 5.89. The first-order valence-corrected chi connectivity index (χ1v) is 7.87. The molecule has 5 heteroatoms. The van der Waals surface area contributed by atoms with Crippen LogP contribution in [0.5, 0.6) is 0 Å². The number of halogens is 1. The van der Waals surface area contributed by atoms with Crippen LogP contribution in [-0.2, 0) is 4.74 Å². The van der Waals surface area contributed by atoms with Gasteiger partial charge in [0.05, 0.1) is 6.10 Å². The highest BCUT2D eigenvalue weighted by Gasteiger charge is 2.59. The molecule has 0 heterocycles. The maximum absolute atomic E-state index is 5.89. The van der Waals surface area contributed by atoms with Gasteiger partial charge in [-0.3, -0.25) is 4.99 Å². The minimum absolute atomic E-state index is 0. The maximum Gasteiger partial charge on any atom is 0.191 e. The van der Waals surface area contributed by atoms with Gasteiger partial charge in [-0.1, -0.05) is 6.42 Å². The van der Waals surface area contributed by atoms with E-state index in [0.29, 0.717) is 17.6 Å². The number of nitrogens with zero attached hydrogens (tertiary/aromatic N) is 1. The van der Waals surface area contributed by atoms with E-state index in [9.17, 15) is 0 Å². The Labute approximate surface area is 139 Å². The summed E-state index contributed by atoms with van der Waals surface area (Å²) in [4.78, 5) is 4.36. The molecule has 0 aromatic heterocycles. The molecule has 0 aromatic rings. The molecule has 2 N–H and O–H groups in total. The Morgan fingerprint density at radius 3 is 2.60 bits per heavy atom. The molecule has 3 fully saturated rings. The van der Waals surface area contributed by atoms with E-state index in [1.165, 1.54) is 32.1 Å². The summed E-state index contributed by atoms with van der Waals surface area (Å²) in [7, 11) is 1.87. The van der Waals surface area contributed by atoms with Crippen molar-refractivity contribution in [1.29, 1.82) is 0 Å². The predicted molar refractivity (Wildman–Crippen MR) is 92.7 cm³/mol. The lowest BCUT2D eigenvalue weighted by molar-refractivity contribution is -0.168. The molecule has 4 nitrogen and oxygen atoms in total. The number of hydrogen-bond acceptors (Lipinski definition) is 2. The highest BCUT2D eigenvalue weighted by atomic mass is 127. The lowest BCUT2D eigenvalue weighted by Gasteiger charge is -2.61. The van der Waals surface area contributed by atoms with Gasteiger partial charge in [-0.05, 0) is 44.9 Å². The van der Waals surface area contributed by atoms with Crippen LogP contribution in [0.3, 0.4) is 0 Å². The summed E-state index contributed by atoms with van der Waals surface area (Å²) < 4.78 is 5.89. The molecule has 2 atom stereocenters. The van der Waals surface area contributed by atoms with Crippen LogP contribution in [0.15, 0.2) is 4.99 Å². The number of rotatable bonds is 5. The van der Waals surface area contributed by atoms with Gasteiger partial charge in [0.1, 0.15) is 0 Å². The molecule has 0 saturated heterocycles. The van der Waals surface area contributed by atoms with Crippen molar-refractivity contribution in [3.63, 3.8) is 0 Å². The SMILES string of the molecule is CCOC1CC(NC(=NC)NCC2CC2)C12CCC2.I. The van der Waals surface area contributed by atoms with Gasteiger partial charge < -0.3 is 15.4 Å². The van der Waals surface area contributed by atoms with E-state index < -0.39 is 0 Å². The van der Waals surface area contributed by atoms with Gasteiger partial charge in [-0.25, -0.2) is 0 Å². The second-order valence-electron chi connectivity index (χ2n) is 6.36. The number of hydrogen-bond donors (Lipinski definition) is 2. The van der Waals surface area contributed by atoms with Crippen LogP contribution < -0.4 is 10.6 Å². The molecule has 3 rings (SSSR count). The third-order valence-electron chi connectivity index (χ3n) is 5.23. The van der Waals surface area contributed by atoms with E-state index in [4.69, 9.17) is 4.74 Å². The van der Waals surface area contributed by atoms with Crippen LogP contribution in [-0.4, -0.2) is 38.3 Å². The van der Waals surface area contributed by atoms with Crippen LogP contribution in [0.2, 0.25) is 0 Å². The first kappa shape index (κ1) is 16.3. The summed E-state index contributed by atoms with van der Waals surface area (Å²) in [5.74, 6) is 1.87. The van der Waals surface area contributed by atoms with Crippen LogP contribution >= 0.6 is 24.0 Å². The molecule has 0 bridgehead atoms. The smallest absolute Gasteiger partial charge is 0.191 e. The molecule has 2 unspecified atom stereocenters. The molecule has 3 saturated carbocycles. The van der Waals surface area contributed by atoms with Crippen molar-refractivity contribution in [3.8, 4) is 0 Å². The second kappa shape index (κ2) is 6.81. The van der Waals surface area contributed by atoms with Gasteiger partial charge in [-0.15, -0.1) is 24.0 Å². The topological polar surface area (TPSA) is 45.6 Å². The molecule has 0 aromatic carbocycles. The first-order valence-electron chi connectivity index (χ1n) is 7.87. The summed E-state index contributed by atoms with van der Waals surface area (Å²) >= 11 is 0. The lowest BCUT2D eigenvalue weighted by Crippen LogP contribution is -2.68. The highest BCUT2D eigenvalue weighted by molar-refractivity contribution is 14.0. The van der Waals surface area contributed by atoms with Crippen LogP contribution in [0.4, 0.5) is 0 Å². The molecule has 1 spiro atoms. The van der Waals surface area contributed by atoms with Gasteiger partial charge in [0.25, 0.3) is 0 Å².